The third-order valence-corrected chi connectivity index (χ3v) is 1.14. The van der Waals surface area contributed by atoms with Crippen LogP contribution in [0.3, 0.4) is 0 Å². The van der Waals surface area contributed by atoms with Crippen LogP contribution < -0.4 is 0 Å². The molecule has 0 aromatic heterocycles. The van der Waals surface area contributed by atoms with E-state index < -0.39 is 0 Å². The maximum Gasteiger partial charge on any atom is 0 e. The van der Waals surface area contributed by atoms with Gasteiger partial charge in [-0.2, -0.15) is 12.7 Å². The number of hydrogen-bond donors (Lipinski definition) is 0. The van der Waals surface area contributed by atoms with E-state index in [1.165, 1.54) is 0 Å². The molecular formula is C9H18N2Y-2. The molecule has 0 fully saturated rings. The predicted molar refractivity (Wildman–Crippen MR) is 51.0 cm³/mol. The Morgan fingerprint density at radius 3 is 2.50 bits per heavy atom. The van der Waals surface area contributed by atoms with Crippen molar-refractivity contribution < 1.29 is 32.7 Å². The minimum absolute atomic E-state index is 0. The van der Waals surface area contributed by atoms with Crippen LogP contribution in [0.1, 0.15) is 20.8 Å². The zero-order valence-electron chi connectivity index (χ0n) is 8.33. The van der Waals surface area contributed by atoms with Crippen molar-refractivity contribution in [2.75, 3.05) is 19.6 Å². The molecule has 0 unspecified atom stereocenters. The summed E-state index contributed by atoms with van der Waals surface area (Å²) in [6.45, 7) is 8.98. The van der Waals surface area contributed by atoms with Gasteiger partial charge in [-0.25, -0.2) is 0 Å². The smallest absolute Gasteiger partial charge is 0 e. The Morgan fingerprint density at radius 2 is 2.00 bits per heavy atom. The zero-order chi connectivity index (χ0) is 8.53. The molecule has 0 atom stereocenters. The van der Waals surface area contributed by atoms with Gasteiger partial charge in [0, 0.05) is 32.7 Å². The van der Waals surface area contributed by atoms with E-state index in [0.29, 0.717) is 5.92 Å². The molecule has 0 N–H and O–H groups in total. The zero-order valence-corrected chi connectivity index (χ0v) is 11.2. The van der Waals surface area contributed by atoms with Crippen LogP contribution in [0.4, 0.5) is 0 Å². The van der Waals surface area contributed by atoms with Gasteiger partial charge in [0.05, 0.1) is 0 Å². The summed E-state index contributed by atoms with van der Waals surface area (Å²) in [5.74, 6) is 0.655. The summed E-state index contributed by atoms with van der Waals surface area (Å²) in [4.78, 5) is 0. The molecule has 1 radical (unpaired) electrons. The molecule has 0 rings (SSSR count). The van der Waals surface area contributed by atoms with Gasteiger partial charge in [-0.05, 0) is 0 Å². The van der Waals surface area contributed by atoms with E-state index in [0.717, 1.165) is 19.6 Å². The summed E-state index contributed by atoms with van der Waals surface area (Å²) in [5.41, 5.74) is 0. The third-order valence-electron chi connectivity index (χ3n) is 1.14. The molecule has 0 aromatic rings. The average Bonchev–Trinajstić information content (AvgIpc) is 1.96. The van der Waals surface area contributed by atoms with Crippen LogP contribution >= 0.6 is 0 Å². The molecule has 69 valence electrons. The largest absolute Gasteiger partial charge is 0.691 e. The Kier molecular flexibility index (Phi) is 14.6. The molecule has 3 heteroatoms. The molecule has 0 aliphatic heterocycles. The second-order valence-electron chi connectivity index (χ2n) is 2.87. The van der Waals surface area contributed by atoms with Crippen LogP contribution in [0, 0.1) is 5.92 Å². The van der Waals surface area contributed by atoms with E-state index in [1.807, 2.05) is 19.2 Å². The first-order valence-corrected chi connectivity index (χ1v) is 4.22. The predicted octanol–water partition coefficient (Wildman–Crippen LogP) is 2.92. The molecule has 0 aromatic carbocycles. The molecular weight excluding hydrogens is 225 g/mol. The summed E-state index contributed by atoms with van der Waals surface area (Å²) in [6.07, 6.45) is 3.85. The van der Waals surface area contributed by atoms with Gasteiger partial charge in [0.15, 0.2) is 0 Å². The molecule has 12 heavy (non-hydrogen) atoms. The van der Waals surface area contributed by atoms with Gasteiger partial charge in [0.25, 0.3) is 0 Å². The fourth-order valence-electron chi connectivity index (χ4n) is 0.597. The van der Waals surface area contributed by atoms with Crippen molar-refractivity contribution in [3.63, 3.8) is 0 Å². The normalized spacial score (nSPS) is 10.3. The minimum Gasteiger partial charge on any atom is -0.691 e. The van der Waals surface area contributed by atoms with Crippen molar-refractivity contribution in [2.24, 2.45) is 5.92 Å². The second-order valence-corrected chi connectivity index (χ2v) is 2.87. The van der Waals surface area contributed by atoms with Crippen LogP contribution in [-0.4, -0.2) is 19.6 Å². The molecule has 0 saturated carbocycles. The van der Waals surface area contributed by atoms with E-state index in [-0.39, 0.29) is 32.7 Å². The molecule has 0 aliphatic rings. The molecule has 2 nitrogen and oxygen atoms in total. The Hall–Kier alpha value is 0.604. The summed E-state index contributed by atoms with van der Waals surface area (Å²) < 4.78 is 0. The Labute approximate surface area is 101 Å². The van der Waals surface area contributed by atoms with E-state index in [9.17, 15) is 0 Å². The van der Waals surface area contributed by atoms with Crippen LogP contribution in [0.2, 0.25) is 0 Å². The molecule has 0 saturated heterocycles. The van der Waals surface area contributed by atoms with Crippen molar-refractivity contribution in [3.05, 3.63) is 22.9 Å². The van der Waals surface area contributed by atoms with Gasteiger partial charge >= 0.3 is 0 Å². The quantitative estimate of drug-likeness (QED) is 0.642. The van der Waals surface area contributed by atoms with Gasteiger partial charge in [-0.1, -0.05) is 26.7 Å². The summed E-state index contributed by atoms with van der Waals surface area (Å²) in [6, 6.07) is 0. The van der Waals surface area contributed by atoms with E-state index >= 15 is 0 Å². The van der Waals surface area contributed by atoms with Crippen molar-refractivity contribution >= 4 is 0 Å². The molecule has 0 heterocycles. The van der Waals surface area contributed by atoms with Gasteiger partial charge in [0.1, 0.15) is 0 Å². The molecule has 0 amide bonds. The average molecular weight is 243 g/mol. The number of rotatable bonds is 6. The Morgan fingerprint density at radius 1 is 1.33 bits per heavy atom. The Balaban J connectivity index is 0. The van der Waals surface area contributed by atoms with E-state index in [4.69, 9.17) is 0 Å². The SMILES string of the molecule is CC[N-]C/C=C\[N-]CC(C)C.[Y]. The summed E-state index contributed by atoms with van der Waals surface area (Å²) >= 11 is 0. The number of nitrogens with zero attached hydrogens (tertiary/aromatic N) is 2. The maximum absolute atomic E-state index is 4.20. The van der Waals surface area contributed by atoms with E-state index in [1.54, 1.807) is 0 Å². The van der Waals surface area contributed by atoms with Crippen molar-refractivity contribution in [1.29, 1.82) is 0 Å². The maximum atomic E-state index is 4.20. The standard InChI is InChI=1S/C9H18N2.Y/c1-4-10-6-5-7-11-8-9(2)3;/h5,7,9H,4,6,8H2,1-3H3;/q-2;/b7-5-;. The van der Waals surface area contributed by atoms with Crippen molar-refractivity contribution in [3.8, 4) is 0 Å². The first kappa shape index (κ1) is 15.1. The van der Waals surface area contributed by atoms with Crippen LogP contribution in [-0.2, 0) is 32.7 Å². The molecule has 0 aliphatic carbocycles. The monoisotopic (exact) mass is 243 g/mol. The van der Waals surface area contributed by atoms with Crippen molar-refractivity contribution in [2.45, 2.75) is 20.8 Å². The number of likely N-dealkylation sites (N-methyl/N-ethyl adjacent to an activating group) is 1. The summed E-state index contributed by atoms with van der Waals surface area (Å²) in [5, 5.41) is 8.34. The second kappa shape index (κ2) is 11.6. The Bertz CT molecular complexity index is 103. The van der Waals surface area contributed by atoms with Gasteiger partial charge in [-0.15, -0.1) is 19.2 Å². The van der Waals surface area contributed by atoms with Gasteiger partial charge in [0.2, 0.25) is 0 Å². The number of hydrogen-bond acceptors (Lipinski definition) is 0. The van der Waals surface area contributed by atoms with Gasteiger partial charge in [-0.3, -0.25) is 0 Å². The molecule has 0 bridgehead atoms. The fourth-order valence-corrected chi connectivity index (χ4v) is 0.597. The van der Waals surface area contributed by atoms with Crippen LogP contribution in [0.5, 0.6) is 0 Å². The third kappa shape index (κ3) is 13.2. The van der Waals surface area contributed by atoms with Crippen molar-refractivity contribution in [1.82, 2.24) is 0 Å². The van der Waals surface area contributed by atoms with Crippen LogP contribution in [0.25, 0.3) is 10.6 Å². The first-order valence-electron chi connectivity index (χ1n) is 4.22. The topological polar surface area (TPSA) is 28.2 Å². The van der Waals surface area contributed by atoms with Crippen LogP contribution in [0.15, 0.2) is 12.3 Å². The van der Waals surface area contributed by atoms with Gasteiger partial charge < -0.3 is 10.6 Å². The molecule has 0 spiro atoms. The fraction of sp³-hybridized carbons (Fsp3) is 0.778. The minimum atomic E-state index is 0. The van der Waals surface area contributed by atoms with E-state index in [2.05, 4.69) is 24.5 Å². The first-order chi connectivity index (χ1) is 5.27. The summed E-state index contributed by atoms with van der Waals surface area (Å²) in [7, 11) is 0.